The number of hydrogen-bond donors (Lipinski definition) is 1. The van der Waals surface area contributed by atoms with Gasteiger partial charge in [-0.05, 0) is 17.4 Å². The van der Waals surface area contributed by atoms with Crippen molar-refractivity contribution in [3.8, 4) is 5.88 Å². The lowest BCUT2D eigenvalue weighted by Crippen LogP contribution is -2.20. The van der Waals surface area contributed by atoms with E-state index < -0.39 is 17.1 Å². The van der Waals surface area contributed by atoms with Gasteiger partial charge in [-0.15, -0.1) is 4.91 Å². The van der Waals surface area contributed by atoms with Crippen molar-refractivity contribution in [2.45, 2.75) is 0 Å². The molecule has 0 amide bonds. The van der Waals surface area contributed by atoms with Crippen LogP contribution in [-0.4, -0.2) is 14.2 Å². The minimum absolute atomic E-state index is 0.120. The van der Waals surface area contributed by atoms with Gasteiger partial charge in [0.25, 0.3) is 5.56 Å². The molecular formula is C6H7N3O3S. The van der Waals surface area contributed by atoms with Crippen LogP contribution in [0.3, 0.4) is 0 Å². The lowest BCUT2D eigenvalue weighted by atomic mass is 10.5. The molecular weight excluding hydrogens is 194 g/mol. The molecule has 0 atom stereocenters. The third kappa shape index (κ3) is 1.26. The Hall–Kier alpha value is -1.50. The van der Waals surface area contributed by atoms with E-state index in [-0.39, 0.29) is 4.77 Å². The summed E-state index contributed by atoms with van der Waals surface area (Å²) in [6, 6.07) is 0. The molecule has 1 aromatic heterocycles. The Balaban J connectivity index is 3.88. The summed E-state index contributed by atoms with van der Waals surface area (Å²) in [7, 11) is 2.84. The smallest absolute Gasteiger partial charge is 0.287 e. The average Bonchev–Trinajstić information content (AvgIpc) is 2.13. The molecule has 1 aromatic rings. The Morgan fingerprint density at radius 3 is 2.38 bits per heavy atom. The van der Waals surface area contributed by atoms with Crippen LogP contribution >= 0.6 is 12.2 Å². The quantitative estimate of drug-likeness (QED) is 0.532. The lowest BCUT2D eigenvalue weighted by molar-refractivity contribution is 0.418. The minimum Gasteiger partial charge on any atom is -0.493 e. The fourth-order valence-electron chi connectivity index (χ4n) is 0.896. The highest BCUT2D eigenvalue weighted by atomic mass is 32.1. The number of aromatic hydroxyl groups is 1. The largest absolute Gasteiger partial charge is 0.493 e. The van der Waals surface area contributed by atoms with Crippen molar-refractivity contribution in [2.75, 3.05) is 0 Å². The molecule has 1 heterocycles. The van der Waals surface area contributed by atoms with E-state index in [2.05, 4.69) is 5.18 Å². The van der Waals surface area contributed by atoms with Crippen LogP contribution in [0, 0.1) is 9.68 Å². The van der Waals surface area contributed by atoms with Crippen molar-refractivity contribution in [1.82, 2.24) is 9.13 Å². The van der Waals surface area contributed by atoms with Crippen molar-refractivity contribution in [1.29, 1.82) is 0 Å². The van der Waals surface area contributed by atoms with Gasteiger partial charge in [-0.3, -0.25) is 13.9 Å². The summed E-state index contributed by atoms with van der Waals surface area (Å²) in [5.41, 5.74) is -1.23. The summed E-state index contributed by atoms with van der Waals surface area (Å²) >= 11 is 4.80. The van der Waals surface area contributed by atoms with Crippen molar-refractivity contribution < 1.29 is 5.11 Å². The molecule has 70 valence electrons. The summed E-state index contributed by atoms with van der Waals surface area (Å²) in [6.45, 7) is 0. The predicted octanol–water partition coefficient (Wildman–Crippen LogP) is 0.557. The minimum atomic E-state index is -0.699. The molecule has 0 fully saturated rings. The van der Waals surface area contributed by atoms with Gasteiger partial charge < -0.3 is 5.11 Å². The highest BCUT2D eigenvalue weighted by Crippen LogP contribution is 2.19. The molecule has 1 rings (SSSR count). The predicted molar refractivity (Wildman–Crippen MR) is 48.6 cm³/mol. The molecule has 6 nitrogen and oxygen atoms in total. The fraction of sp³-hybridized carbons (Fsp3) is 0.333. The number of nitroso groups, excluding NO2 is 1. The third-order valence-corrected chi connectivity index (χ3v) is 2.25. The molecule has 0 aliphatic heterocycles. The highest BCUT2D eigenvalue weighted by molar-refractivity contribution is 7.71. The number of rotatable bonds is 1. The fourth-order valence-corrected chi connectivity index (χ4v) is 1.07. The first-order valence-corrected chi connectivity index (χ1v) is 3.74. The lowest BCUT2D eigenvalue weighted by Gasteiger charge is -2.06. The van der Waals surface area contributed by atoms with Gasteiger partial charge in [0.1, 0.15) is 0 Å². The van der Waals surface area contributed by atoms with E-state index in [0.29, 0.717) is 0 Å². The summed E-state index contributed by atoms with van der Waals surface area (Å²) in [5.74, 6) is -0.511. The second kappa shape index (κ2) is 3.09. The first-order valence-electron chi connectivity index (χ1n) is 3.33. The van der Waals surface area contributed by atoms with Crippen LogP contribution in [0.5, 0.6) is 5.88 Å². The van der Waals surface area contributed by atoms with Crippen molar-refractivity contribution >= 4 is 17.9 Å². The standard InChI is InChI=1S/C6H7N3O3S/c1-8-4(10)3(7-12)5(11)9(2)6(8)13/h10H,1-2H3. The van der Waals surface area contributed by atoms with E-state index in [9.17, 15) is 14.8 Å². The topological polar surface area (TPSA) is 76.6 Å². The van der Waals surface area contributed by atoms with Gasteiger partial charge in [0, 0.05) is 14.1 Å². The van der Waals surface area contributed by atoms with Gasteiger partial charge in [0.2, 0.25) is 11.6 Å². The van der Waals surface area contributed by atoms with Gasteiger partial charge in [-0.1, -0.05) is 0 Å². The van der Waals surface area contributed by atoms with Gasteiger partial charge in [-0.25, -0.2) is 0 Å². The zero-order chi connectivity index (χ0) is 10.2. The molecule has 0 saturated carbocycles. The van der Waals surface area contributed by atoms with Gasteiger partial charge in [-0.2, -0.15) is 0 Å². The monoisotopic (exact) mass is 201 g/mol. The first-order chi connectivity index (χ1) is 6.00. The van der Waals surface area contributed by atoms with Crippen molar-refractivity contribution in [2.24, 2.45) is 19.3 Å². The molecule has 13 heavy (non-hydrogen) atoms. The maximum atomic E-state index is 11.2. The average molecular weight is 201 g/mol. The molecule has 0 aliphatic rings. The molecule has 0 aliphatic carbocycles. The van der Waals surface area contributed by atoms with Crippen molar-refractivity contribution in [3.05, 3.63) is 20.0 Å². The zero-order valence-corrected chi connectivity index (χ0v) is 7.83. The molecule has 0 unspecified atom stereocenters. The molecule has 0 radical (unpaired) electrons. The van der Waals surface area contributed by atoms with E-state index >= 15 is 0 Å². The van der Waals surface area contributed by atoms with E-state index in [4.69, 9.17) is 12.2 Å². The van der Waals surface area contributed by atoms with E-state index in [1.54, 1.807) is 0 Å². The third-order valence-electron chi connectivity index (χ3n) is 1.70. The number of aromatic nitrogens is 2. The normalized spacial score (nSPS) is 10.0. The first kappa shape index (κ1) is 9.59. The Kier molecular flexibility index (Phi) is 2.28. The van der Waals surface area contributed by atoms with Crippen LogP contribution in [0.15, 0.2) is 9.97 Å². The van der Waals surface area contributed by atoms with Crippen LogP contribution in [0.25, 0.3) is 0 Å². The van der Waals surface area contributed by atoms with Crippen molar-refractivity contribution in [3.63, 3.8) is 0 Å². The van der Waals surface area contributed by atoms with Crippen LogP contribution in [0.4, 0.5) is 5.69 Å². The zero-order valence-electron chi connectivity index (χ0n) is 7.01. The van der Waals surface area contributed by atoms with E-state index in [1.807, 2.05) is 0 Å². The second-order valence-electron chi connectivity index (χ2n) is 2.47. The molecule has 0 saturated heterocycles. The molecule has 0 bridgehead atoms. The van der Waals surface area contributed by atoms with Crippen LogP contribution < -0.4 is 5.56 Å². The molecule has 7 heteroatoms. The van der Waals surface area contributed by atoms with Gasteiger partial charge in [0.05, 0.1) is 0 Å². The maximum Gasteiger partial charge on any atom is 0.287 e. The van der Waals surface area contributed by atoms with E-state index in [0.717, 1.165) is 9.13 Å². The Morgan fingerprint density at radius 1 is 1.38 bits per heavy atom. The Morgan fingerprint density at radius 2 is 1.92 bits per heavy atom. The molecule has 0 aromatic carbocycles. The molecule has 0 spiro atoms. The van der Waals surface area contributed by atoms with Crippen LogP contribution in [-0.2, 0) is 14.1 Å². The van der Waals surface area contributed by atoms with E-state index in [1.165, 1.54) is 14.1 Å². The SMILES string of the molecule is Cn1c(O)c(N=O)c(=O)n(C)c1=S. The summed E-state index contributed by atoms with van der Waals surface area (Å²) in [6.07, 6.45) is 0. The summed E-state index contributed by atoms with van der Waals surface area (Å²) < 4.78 is 2.31. The highest BCUT2D eigenvalue weighted by Gasteiger charge is 2.12. The summed E-state index contributed by atoms with van der Waals surface area (Å²) in [4.78, 5) is 21.4. The van der Waals surface area contributed by atoms with Gasteiger partial charge >= 0.3 is 0 Å². The van der Waals surface area contributed by atoms with Gasteiger partial charge in [0.15, 0.2) is 4.77 Å². The maximum absolute atomic E-state index is 11.2. The second-order valence-corrected chi connectivity index (χ2v) is 2.83. The van der Waals surface area contributed by atoms with Crippen LogP contribution in [0.2, 0.25) is 0 Å². The Bertz CT molecular complexity index is 473. The number of nitrogens with zero attached hydrogens (tertiary/aromatic N) is 3. The summed E-state index contributed by atoms with van der Waals surface area (Å²) in [5, 5.41) is 11.7. The Labute approximate surface area is 78.0 Å². The van der Waals surface area contributed by atoms with Crippen LogP contribution in [0.1, 0.15) is 0 Å². The molecule has 1 N–H and O–H groups in total. The number of hydrogen-bond acceptors (Lipinski definition) is 5.